The molecule has 12 heteroatoms. The van der Waals surface area contributed by atoms with Gasteiger partial charge in [-0.2, -0.15) is 26.3 Å². The number of aliphatic hydroxyl groups excluding tert-OH is 1. The van der Waals surface area contributed by atoms with E-state index in [2.05, 4.69) is 6.58 Å². The number of carbonyl (C=O) groups is 1. The van der Waals surface area contributed by atoms with Crippen LogP contribution in [0.5, 0.6) is 0 Å². The molecule has 0 radical (unpaired) electrons. The van der Waals surface area contributed by atoms with Crippen molar-refractivity contribution in [3.8, 4) is 0 Å². The number of benzene rings is 2. The molecular formula is C26H26F7NO4. The third-order valence-corrected chi connectivity index (χ3v) is 6.52. The van der Waals surface area contributed by atoms with E-state index in [-0.39, 0.29) is 19.0 Å². The summed E-state index contributed by atoms with van der Waals surface area (Å²) in [6, 6.07) is 4.99. The fraction of sp³-hybridized carbons (Fsp3) is 0.423. The molecule has 208 valence electrons. The Kier molecular flexibility index (Phi) is 8.77. The number of ether oxygens (including phenoxy) is 1. The van der Waals surface area contributed by atoms with Crippen LogP contribution in [0.2, 0.25) is 0 Å². The lowest BCUT2D eigenvalue weighted by Crippen LogP contribution is -2.44. The van der Waals surface area contributed by atoms with Crippen molar-refractivity contribution >= 4 is 6.09 Å². The summed E-state index contributed by atoms with van der Waals surface area (Å²) in [6.07, 6.45) is -13.2. The van der Waals surface area contributed by atoms with Crippen LogP contribution in [0.1, 0.15) is 54.0 Å². The molecule has 1 saturated heterocycles. The summed E-state index contributed by atoms with van der Waals surface area (Å²) in [5.74, 6) is -1.48. The quantitative estimate of drug-likeness (QED) is 0.281. The largest absolute Gasteiger partial charge is 0.465 e. The van der Waals surface area contributed by atoms with E-state index in [0.29, 0.717) is 24.1 Å². The Morgan fingerprint density at radius 1 is 1.11 bits per heavy atom. The third kappa shape index (κ3) is 6.65. The topological polar surface area (TPSA) is 70.0 Å². The SMILES string of the molecule is C=CCCC(O)[C@H]1[C@H](c2ccc(F)cc2)[C@@H](O[C@H](C)c2cc(C(F)(F)F)cc(C(F)(F)F)c2)CN1C(=O)O. The van der Waals surface area contributed by atoms with Crippen LogP contribution in [0.4, 0.5) is 35.5 Å². The average molecular weight is 549 g/mol. The minimum atomic E-state index is -5.06. The zero-order valence-electron chi connectivity index (χ0n) is 20.1. The highest BCUT2D eigenvalue weighted by Crippen LogP contribution is 2.42. The number of aliphatic hydroxyl groups is 1. The van der Waals surface area contributed by atoms with Crippen molar-refractivity contribution in [3.63, 3.8) is 0 Å². The van der Waals surface area contributed by atoms with E-state index >= 15 is 0 Å². The zero-order valence-corrected chi connectivity index (χ0v) is 20.1. The molecule has 3 rings (SSSR count). The first kappa shape index (κ1) is 29.4. The summed E-state index contributed by atoms with van der Waals surface area (Å²) in [5.41, 5.74) is -3.05. The van der Waals surface area contributed by atoms with E-state index in [9.17, 15) is 45.7 Å². The predicted molar refractivity (Wildman–Crippen MR) is 123 cm³/mol. The number of alkyl halides is 6. The van der Waals surface area contributed by atoms with Crippen LogP contribution in [0.15, 0.2) is 55.1 Å². The maximum Gasteiger partial charge on any atom is 0.416 e. The number of carboxylic acid groups (broad SMARTS) is 1. The third-order valence-electron chi connectivity index (χ3n) is 6.52. The molecule has 2 N–H and O–H groups in total. The van der Waals surface area contributed by atoms with Gasteiger partial charge in [-0.05, 0) is 61.2 Å². The fourth-order valence-electron chi connectivity index (χ4n) is 4.73. The van der Waals surface area contributed by atoms with Crippen molar-refractivity contribution in [1.82, 2.24) is 4.90 Å². The standard InChI is InChI=1S/C26H26F7NO4/c1-3-4-5-20(35)23-22(15-6-8-19(27)9-7-15)21(13-34(23)24(36)37)38-14(2)16-10-17(25(28,29)30)12-18(11-16)26(31,32)33/h3,6-12,14,20-23,35H,1,4-5,13H2,2H3,(H,36,37)/t14-,20?,21+,22-,23+/m1/s1. The molecule has 1 heterocycles. The van der Waals surface area contributed by atoms with Gasteiger partial charge in [0.2, 0.25) is 0 Å². The number of rotatable bonds is 8. The van der Waals surface area contributed by atoms with Crippen LogP contribution in [0, 0.1) is 5.82 Å². The lowest BCUT2D eigenvalue weighted by Gasteiger charge is -2.31. The van der Waals surface area contributed by atoms with Gasteiger partial charge in [-0.3, -0.25) is 4.90 Å². The van der Waals surface area contributed by atoms with Gasteiger partial charge in [-0.25, -0.2) is 9.18 Å². The number of nitrogens with zero attached hydrogens (tertiary/aromatic N) is 1. The summed E-state index contributed by atoms with van der Waals surface area (Å²) in [5, 5.41) is 20.7. The van der Waals surface area contributed by atoms with Crippen molar-refractivity contribution in [2.24, 2.45) is 0 Å². The van der Waals surface area contributed by atoms with Crippen LogP contribution in [0.25, 0.3) is 0 Å². The van der Waals surface area contributed by atoms with Crippen molar-refractivity contribution in [2.45, 2.75) is 62.4 Å². The highest BCUT2D eigenvalue weighted by Gasteiger charge is 2.49. The van der Waals surface area contributed by atoms with Gasteiger partial charge in [0.15, 0.2) is 0 Å². The summed E-state index contributed by atoms with van der Waals surface area (Å²) in [7, 11) is 0. The maximum absolute atomic E-state index is 13.6. The predicted octanol–water partition coefficient (Wildman–Crippen LogP) is 6.78. The molecule has 0 aromatic heterocycles. The number of amides is 1. The first-order chi connectivity index (χ1) is 17.6. The van der Waals surface area contributed by atoms with E-state index in [1.165, 1.54) is 25.1 Å². The minimum absolute atomic E-state index is 0.00522. The van der Waals surface area contributed by atoms with Crippen LogP contribution in [0.3, 0.4) is 0 Å². The van der Waals surface area contributed by atoms with Gasteiger partial charge in [0.05, 0.1) is 42.0 Å². The van der Waals surface area contributed by atoms with Gasteiger partial charge < -0.3 is 14.9 Å². The molecule has 0 aliphatic carbocycles. The Hall–Kier alpha value is -3.12. The number of hydrogen-bond donors (Lipinski definition) is 2. The maximum atomic E-state index is 13.6. The molecular weight excluding hydrogens is 523 g/mol. The second-order valence-electron chi connectivity index (χ2n) is 9.09. The van der Waals surface area contributed by atoms with Crippen LogP contribution in [-0.2, 0) is 17.1 Å². The van der Waals surface area contributed by atoms with Gasteiger partial charge in [0, 0.05) is 5.92 Å². The highest BCUT2D eigenvalue weighted by molar-refractivity contribution is 5.66. The summed E-state index contributed by atoms with van der Waals surface area (Å²) in [6.45, 7) is 4.49. The second-order valence-corrected chi connectivity index (χ2v) is 9.09. The van der Waals surface area contributed by atoms with Crippen molar-refractivity contribution in [3.05, 3.63) is 83.2 Å². The normalized spacial score (nSPS) is 21.8. The smallest absolute Gasteiger partial charge is 0.416 e. The Morgan fingerprint density at radius 2 is 1.66 bits per heavy atom. The van der Waals surface area contributed by atoms with Gasteiger partial charge in [-0.15, -0.1) is 6.58 Å². The Labute approximate surface area is 214 Å². The molecule has 38 heavy (non-hydrogen) atoms. The lowest BCUT2D eigenvalue weighted by atomic mass is 9.85. The van der Waals surface area contributed by atoms with E-state index in [1.54, 1.807) is 0 Å². The van der Waals surface area contributed by atoms with Crippen LogP contribution in [-0.4, -0.2) is 46.0 Å². The Bertz CT molecular complexity index is 1100. The highest BCUT2D eigenvalue weighted by atomic mass is 19.4. The Morgan fingerprint density at radius 3 is 2.13 bits per heavy atom. The van der Waals surface area contributed by atoms with Crippen LogP contribution < -0.4 is 0 Å². The summed E-state index contributed by atoms with van der Waals surface area (Å²) in [4.78, 5) is 13.0. The van der Waals surface area contributed by atoms with E-state index in [0.717, 1.165) is 17.0 Å². The fourth-order valence-corrected chi connectivity index (χ4v) is 4.73. The van der Waals surface area contributed by atoms with E-state index in [1.807, 2.05) is 0 Å². The molecule has 0 spiro atoms. The van der Waals surface area contributed by atoms with Crippen LogP contribution >= 0.6 is 0 Å². The molecule has 2 aromatic carbocycles. The molecule has 1 aliphatic rings. The Balaban J connectivity index is 2.03. The first-order valence-electron chi connectivity index (χ1n) is 11.6. The van der Waals surface area contributed by atoms with Gasteiger partial charge in [0.25, 0.3) is 0 Å². The molecule has 0 bridgehead atoms. The monoisotopic (exact) mass is 549 g/mol. The van der Waals surface area contributed by atoms with Gasteiger partial charge >= 0.3 is 18.4 Å². The number of allylic oxidation sites excluding steroid dienone is 1. The zero-order chi connectivity index (χ0) is 28.4. The molecule has 0 saturated carbocycles. The molecule has 2 aromatic rings. The van der Waals surface area contributed by atoms with E-state index in [4.69, 9.17) is 4.74 Å². The molecule has 1 fully saturated rings. The lowest BCUT2D eigenvalue weighted by molar-refractivity contribution is -0.143. The number of hydrogen-bond acceptors (Lipinski definition) is 3. The van der Waals surface area contributed by atoms with Gasteiger partial charge in [-0.1, -0.05) is 18.2 Å². The van der Waals surface area contributed by atoms with Crippen molar-refractivity contribution in [1.29, 1.82) is 0 Å². The summed E-state index contributed by atoms with van der Waals surface area (Å²) >= 11 is 0. The molecule has 1 unspecified atom stereocenters. The first-order valence-corrected chi connectivity index (χ1v) is 11.6. The number of likely N-dealkylation sites (tertiary alicyclic amines) is 1. The average Bonchev–Trinajstić information content (AvgIpc) is 3.21. The summed E-state index contributed by atoms with van der Waals surface area (Å²) < 4.78 is 99.7. The molecule has 1 aliphatic heterocycles. The van der Waals surface area contributed by atoms with Crippen molar-refractivity contribution in [2.75, 3.05) is 6.54 Å². The molecule has 5 nitrogen and oxygen atoms in total. The van der Waals surface area contributed by atoms with E-state index < -0.39 is 71.2 Å². The second kappa shape index (κ2) is 11.3. The minimum Gasteiger partial charge on any atom is -0.465 e. The number of halogens is 7. The molecule has 1 amide bonds. The van der Waals surface area contributed by atoms with Crippen molar-refractivity contribution < 1.29 is 50.5 Å². The molecule has 5 atom stereocenters. The van der Waals surface area contributed by atoms with Gasteiger partial charge in [0.1, 0.15) is 5.82 Å².